The maximum absolute atomic E-state index is 5.65. The molecule has 0 saturated heterocycles. The number of rotatable bonds is 4. The summed E-state index contributed by atoms with van der Waals surface area (Å²) in [6, 6.07) is 9.55. The van der Waals surface area contributed by atoms with Gasteiger partial charge in [0.05, 0.1) is 0 Å². The molecule has 0 aliphatic heterocycles. The van der Waals surface area contributed by atoms with Crippen molar-refractivity contribution in [3.8, 4) is 5.75 Å². The zero-order valence-electron chi connectivity index (χ0n) is 6.81. The summed E-state index contributed by atoms with van der Waals surface area (Å²) >= 11 is 4.07. The van der Waals surface area contributed by atoms with Crippen molar-refractivity contribution in [2.24, 2.45) is 5.73 Å². The quantitative estimate of drug-likeness (QED) is 0.550. The normalized spacial score (nSPS) is 12.5. The van der Waals surface area contributed by atoms with Crippen LogP contribution in [-0.4, -0.2) is 12.0 Å². The predicted molar refractivity (Wildman–Crippen MR) is 53.5 cm³/mol. The molecule has 66 valence electrons. The molecule has 0 fully saturated rings. The van der Waals surface area contributed by atoms with Gasteiger partial charge in [0.1, 0.15) is 12.0 Å². The van der Waals surface area contributed by atoms with E-state index in [0.29, 0.717) is 0 Å². The SMILES string of the molecule is N[C@H](CCS)Oc1ccccc1. The summed E-state index contributed by atoms with van der Waals surface area (Å²) in [6.45, 7) is 0. The number of hydrogen-bond donors (Lipinski definition) is 2. The lowest BCUT2D eigenvalue weighted by Crippen LogP contribution is -2.27. The lowest BCUT2D eigenvalue weighted by molar-refractivity contribution is 0.206. The first-order chi connectivity index (χ1) is 5.83. The fourth-order valence-corrected chi connectivity index (χ4v) is 1.11. The van der Waals surface area contributed by atoms with Crippen molar-refractivity contribution in [1.82, 2.24) is 0 Å². The first kappa shape index (κ1) is 9.42. The van der Waals surface area contributed by atoms with Crippen LogP contribution in [0.2, 0.25) is 0 Å². The standard InChI is InChI=1S/C9H13NOS/c10-9(6-7-12)11-8-4-2-1-3-5-8/h1-5,9,12H,6-7,10H2/t9-/m0/s1. The van der Waals surface area contributed by atoms with E-state index in [1.807, 2.05) is 30.3 Å². The van der Waals surface area contributed by atoms with Gasteiger partial charge in [-0.05, 0) is 17.9 Å². The Labute approximate surface area is 78.1 Å². The molecule has 1 rings (SSSR count). The molecule has 12 heavy (non-hydrogen) atoms. The molecule has 1 aromatic rings. The van der Waals surface area contributed by atoms with E-state index in [2.05, 4.69) is 12.6 Å². The van der Waals surface area contributed by atoms with Crippen LogP contribution in [0.3, 0.4) is 0 Å². The molecular weight excluding hydrogens is 170 g/mol. The van der Waals surface area contributed by atoms with Crippen LogP contribution >= 0.6 is 12.6 Å². The van der Waals surface area contributed by atoms with Crippen molar-refractivity contribution >= 4 is 12.6 Å². The highest BCUT2D eigenvalue weighted by Crippen LogP contribution is 2.10. The Morgan fingerprint density at radius 2 is 2.00 bits per heavy atom. The fourth-order valence-electron chi connectivity index (χ4n) is 0.860. The average molecular weight is 183 g/mol. The van der Waals surface area contributed by atoms with Crippen LogP contribution in [0.15, 0.2) is 30.3 Å². The van der Waals surface area contributed by atoms with E-state index < -0.39 is 0 Å². The Balaban J connectivity index is 2.41. The largest absolute Gasteiger partial charge is 0.476 e. The molecule has 0 spiro atoms. The number of nitrogens with two attached hydrogens (primary N) is 1. The minimum absolute atomic E-state index is 0.245. The summed E-state index contributed by atoms with van der Waals surface area (Å²) in [5.41, 5.74) is 5.65. The van der Waals surface area contributed by atoms with E-state index in [9.17, 15) is 0 Å². The van der Waals surface area contributed by atoms with E-state index in [0.717, 1.165) is 17.9 Å². The van der Waals surface area contributed by atoms with E-state index in [1.165, 1.54) is 0 Å². The Morgan fingerprint density at radius 3 is 2.58 bits per heavy atom. The van der Waals surface area contributed by atoms with Crippen molar-refractivity contribution < 1.29 is 4.74 Å². The smallest absolute Gasteiger partial charge is 0.148 e. The van der Waals surface area contributed by atoms with Crippen molar-refractivity contribution in [1.29, 1.82) is 0 Å². The Kier molecular flexibility index (Phi) is 3.97. The first-order valence-electron chi connectivity index (χ1n) is 3.91. The van der Waals surface area contributed by atoms with E-state index >= 15 is 0 Å². The molecule has 0 radical (unpaired) electrons. The highest BCUT2D eigenvalue weighted by molar-refractivity contribution is 7.80. The molecule has 3 heteroatoms. The van der Waals surface area contributed by atoms with Crippen molar-refractivity contribution in [3.63, 3.8) is 0 Å². The number of para-hydroxylation sites is 1. The molecule has 0 aliphatic rings. The number of thiol groups is 1. The van der Waals surface area contributed by atoms with Crippen LogP contribution in [0, 0.1) is 0 Å². The first-order valence-corrected chi connectivity index (χ1v) is 4.54. The van der Waals surface area contributed by atoms with Gasteiger partial charge in [0.25, 0.3) is 0 Å². The molecule has 0 heterocycles. The van der Waals surface area contributed by atoms with Crippen LogP contribution in [0.5, 0.6) is 5.75 Å². The molecule has 2 N–H and O–H groups in total. The van der Waals surface area contributed by atoms with Gasteiger partial charge in [-0.15, -0.1) is 0 Å². The summed E-state index contributed by atoms with van der Waals surface area (Å²) in [7, 11) is 0. The summed E-state index contributed by atoms with van der Waals surface area (Å²) in [5.74, 6) is 1.56. The van der Waals surface area contributed by atoms with Crippen molar-refractivity contribution in [2.45, 2.75) is 12.6 Å². The average Bonchev–Trinajstić information content (AvgIpc) is 2.06. The maximum Gasteiger partial charge on any atom is 0.148 e. The zero-order valence-corrected chi connectivity index (χ0v) is 7.71. The molecule has 1 atom stereocenters. The van der Waals surface area contributed by atoms with Crippen LogP contribution in [0.1, 0.15) is 6.42 Å². The third-order valence-corrected chi connectivity index (χ3v) is 1.70. The number of ether oxygens (including phenoxy) is 1. The van der Waals surface area contributed by atoms with Gasteiger partial charge in [-0.2, -0.15) is 12.6 Å². The van der Waals surface area contributed by atoms with Gasteiger partial charge in [-0.25, -0.2) is 0 Å². The van der Waals surface area contributed by atoms with Gasteiger partial charge in [0.15, 0.2) is 0 Å². The second-order valence-electron chi connectivity index (χ2n) is 2.48. The summed E-state index contributed by atoms with van der Waals surface area (Å²) in [6.07, 6.45) is 0.516. The molecule has 0 bridgehead atoms. The Morgan fingerprint density at radius 1 is 1.33 bits per heavy atom. The molecule has 0 aromatic heterocycles. The highest BCUT2D eigenvalue weighted by atomic mass is 32.1. The molecule has 0 amide bonds. The van der Waals surface area contributed by atoms with Crippen molar-refractivity contribution in [2.75, 3.05) is 5.75 Å². The van der Waals surface area contributed by atoms with Gasteiger partial charge in [-0.1, -0.05) is 18.2 Å². The van der Waals surface area contributed by atoms with Gasteiger partial charge in [-0.3, -0.25) is 5.73 Å². The van der Waals surface area contributed by atoms with E-state index in [4.69, 9.17) is 10.5 Å². The summed E-state index contributed by atoms with van der Waals surface area (Å²) < 4.78 is 5.38. The number of benzene rings is 1. The molecular formula is C9H13NOS. The molecule has 0 saturated carbocycles. The summed E-state index contributed by atoms with van der Waals surface area (Å²) in [5, 5.41) is 0. The lowest BCUT2D eigenvalue weighted by Gasteiger charge is -2.12. The van der Waals surface area contributed by atoms with Crippen LogP contribution < -0.4 is 10.5 Å². The molecule has 2 nitrogen and oxygen atoms in total. The zero-order chi connectivity index (χ0) is 8.81. The molecule has 1 aromatic carbocycles. The number of hydrogen-bond acceptors (Lipinski definition) is 3. The third-order valence-electron chi connectivity index (χ3n) is 1.44. The molecule has 0 aliphatic carbocycles. The van der Waals surface area contributed by atoms with Gasteiger partial charge in [0, 0.05) is 6.42 Å². The minimum atomic E-state index is -0.245. The second-order valence-corrected chi connectivity index (χ2v) is 2.93. The Bertz CT molecular complexity index is 215. The van der Waals surface area contributed by atoms with Crippen LogP contribution in [0.25, 0.3) is 0 Å². The van der Waals surface area contributed by atoms with Crippen LogP contribution in [0.4, 0.5) is 0 Å². The summed E-state index contributed by atoms with van der Waals surface area (Å²) in [4.78, 5) is 0. The van der Waals surface area contributed by atoms with Crippen molar-refractivity contribution in [3.05, 3.63) is 30.3 Å². The third kappa shape index (κ3) is 3.15. The van der Waals surface area contributed by atoms with E-state index in [1.54, 1.807) is 0 Å². The van der Waals surface area contributed by atoms with Gasteiger partial charge < -0.3 is 4.74 Å². The fraction of sp³-hybridized carbons (Fsp3) is 0.333. The van der Waals surface area contributed by atoms with Gasteiger partial charge >= 0.3 is 0 Å². The lowest BCUT2D eigenvalue weighted by atomic mass is 10.3. The highest BCUT2D eigenvalue weighted by Gasteiger charge is 2.00. The minimum Gasteiger partial charge on any atom is -0.476 e. The second kappa shape index (κ2) is 5.06. The van der Waals surface area contributed by atoms with Gasteiger partial charge in [0.2, 0.25) is 0 Å². The monoisotopic (exact) mass is 183 g/mol. The predicted octanol–water partition coefficient (Wildman–Crippen LogP) is 1.67. The Hall–Kier alpha value is -0.670. The maximum atomic E-state index is 5.65. The van der Waals surface area contributed by atoms with E-state index in [-0.39, 0.29) is 6.23 Å². The topological polar surface area (TPSA) is 35.2 Å². The van der Waals surface area contributed by atoms with Crippen LogP contribution in [-0.2, 0) is 0 Å². The molecule has 0 unspecified atom stereocenters.